The van der Waals surface area contributed by atoms with Crippen LogP contribution in [0, 0.1) is 19.7 Å². The van der Waals surface area contributed by atoms with Crippen LogP contribution < -0.4 is 4.72 Å². The Balaban J connectivity index is 2.41. The molecule has 3 nitrogen and oxygen atoms in total. The molecule has 0 heterocycles. The lowest BCUT2D eigenvalue weighted by molar-refractivity contribution is 0.599. The molecule has 106 valence electrons. The number of halogens is 2. The number of hydrogen-bond donors (Lipinski definition) is 1. The minimum atomic E-state index is -3.72. The van der Waals surface area contributed by atoms with Crippen LogP contribution in [0.3, 0.4) is 0 Å². The van der Waals surface area contributed by atoms with Gasteiger partial charge in [-0.05, 0) is 61.4 Å². The van der Waals surface area contributed by atoms with E-state index in [0.717, 1.165) is 27.7 Å². The lowest BCUT2D eigenvalue weighted by atomic mass is 10.1. The smallest absolute Gasteiger partial charge is 0.261 e. The highest BCUT2D eigenvalue weighted by Crippen LogP contribution is 2.27. The third-order valence-corrected chi connectivity index (χ3v) is 4.68. The monoisotopic (exact) mass is 357 g/mol. The second kappa shape index (κ2) is 5.54. The van der Waals surface area contributed by atoms with E-state index in [0.29, 0.717) is 5.69 Å². The Morgan fingerprint density at radius 3 is 2.05 bits per heavy atom. The first kappa shape index (κ1) is 15.0. The van der Waals surface area contributed by atoms with Crippen molar-refractivity contribution in [3.05, 3.63) is 57.8 Å². The molecule has 0 aromatic heterocycles. The molecular formula is C14H13BrFNO2S. The van der Waals surface area contributed by atoms with Crippen LogP contribution in [0.25, 0.3) is 0 Å². The molecular weight excluding hydrogens is 345 g/mol. The zero-order valence-corrected chi connectivity index (χ0v) is 13.3. The fourth-order valence-corrected chi connectivity index (χ4v) is 3.77. The lowest BCUT2D eigenvalue weighted by Crippen LogP contribution is -2.14. The first-order valence-electron chi connectivity index (χ1n) is 5.85. The van der Waals surface area contributed by atoms with Gasteiger partial charge in [0, 0.05) is 4.47 Å². The number of rotatable bonds is 3. The van der Waals surface area contributed by atoms with Crippen LogP contribution in [-0.4, -0.2) is 8.42 Å². The number of hydrogen-bond acceptors (Lipinski definition) is 2. The average Bonchev–Trinajstić information content (AvgIpc) is 2.34. The minimum absolute atomic E-state index is 0.0284. The predicted molar refractivity (Wildman–Crippen MR) is 80.8 cm³/mol. The van der Waals surface area contributed by atoms with Crippen LogP contribution in [0.5, 0.6) is 0 Å². The van der Waals surface area contributed by atoms with Crippen LogP contribution in [0.1, 0.15) is 11.1 Å². The summed E-state index contributed by atoms with van der Waals surface area (Å²) in [6.45, 7) is 3.64. The van der Waals surface area contributed by atoms with E-state index in [1.807, 2.05) is 26.0 Å². The van der Waals surface area contributed by atoms with Crippen LogP contribution in [-0.2, 0) is 10.0 Å². The number of anilines is 1. The van der Waals surface area contributed by atoms with E-state index in [4.69, 9.17) is 0 Å². The van der Waals surface area contributed by atoms with E-state index in [1.165, 1.54) is 12.1 Å². The third-order valence-electron chi connectivity index (χ3n) is 2.86. The van der Waals surface area contributed by atoms with Gasteiger partial charge in [-0.3, -0.25) is 4.72 Å². The van der Waals surface area contributed by atoms with Crippen molar-refractivity contribution < 1.29 is 12.8 Å². The van der Waals surface area contributed by atoms with Crippen LogP contribution in [0.4, 0.5) is 10.1 Å². The molecule has 0 aliphatic carbocycles. The number of aryl methyl sites for hydroxylation is 2. The Morgan fingerprint density at radius 2 is 1.55 bits per heavy atom. The highest BCUT2D eigenvalue weighted by atomic mass is 79.9. The van der Waals surface area contributed by atoms with Crippen LogP contribution >= 0.6 is 15.9 Å². The van der Waals surface area contributed by atoms with Crippen LogP contribution in [0.2, 0.25) is 0 Å². The highest BCUT2D eigenvalue weighted by Gasteiger charge is 2.16. The molecule has 0 atom stereocenters. The van der Waals surface area contributed by atoms with Crippen molar-refractivity contribution in [1.29, 1.82) is 0 Å². The topological polar surface area (TPSA) is 46.2 Å². The number of benzene rings is 2. The molecule has 0 aliphatic heterocycles. The molecule has 0 bridgehead atoms. The molecule has 0 spiro atoms. The normalized spacial score (nSPS) is 11.4. The Labute approximate surface area is 126 Å². The summed E-state index contributed by atoms with van der Waals surface area (Å²) < 4.78 is 40.8. The maximum Gasteiger partial charge on any atom is 0.261 e. The first-order chi connectivity index (χ1) is 9.29. The molecule has 2 aromatic rings. The summed E-state index contributed by atoms with van der Waals surface area (Å²) in [6.07, 6.45) is 0. The van der Waals surface area contributed by atoms with Crippen LogP contribution in [0.15, 0.2) is 45.8 Å². The molecule has 1 N–H and O–H groups in total. The molecule has 6 heteroatoms. The van der Waals surface area contributed by atoms with Crippen molar-refractivity contribution in [3.63, 3.8) is 0 Å². The minimum Gasteiger partial charge on any atom is -0.279 e. The Hall–Kier alpha value is -1.40. The summed E-state index contributed by atoms with van der Waals surface area (Å²) in [7, 11) is -3.72. The van der Waals surface area contributed by atoms with Gasteiger partial charge in [-0.25, -0.2) is 12.8 Å². The van der Waals surface area contributed by atoms with Gasteiger partial charge in [-0.2, -0.15) is 0 Å². The maximum atomic E-state index is 12.9. The molecule has 2 aromatic carbocycles. The SMILES string of the molecule is Cc1cc(Br)cc(C)c1NS(=O)(=O)c1ccc(F)cc1. The Bertz CT molecular complexity index is 719. The molecule has 0 saturated heterocycles. The van der Waals surface area contributed by atoms with Gasteiger partial charge in [0.25, 0.3) is 10.0 Å². The zero-order chi connectivity index (χ0) is 14.9. The van der Waals surface area contributed by atoms with Crippen molar-refractivity contribution in [2.45, 2.75) is 18.7 Å². The van der Waals surface area contributed by atoms with Gasteiger partial charge >= 0.3 is 0 Å². The van der Waals surface area contributed by atoms with Crippen molar-refractivity contribution in [2.75, 3.05) is 4.72 Å². The maximum absolute atomic E-state index is 12.9. The largest absolute Gasteiger partial charge is 0.279 e. The molecule has 20 heavy (non-hydrogen) atoms. The molecule has 0 amide bonds. The van der Waals surface area contributed by atoms with E-state index in [1.54, 1.807) is 0 Å². The summed E-state index contributed by atoms with van der Waals surface area (Å²) in [6, 6.07) is 8.37. The highest BCUT2D eigenvalue weighted by molar-refractivity contribution is 9.10. The van der Waals surface area contributed by atoms with Gasteiger partial charge in [0.05, 0.1) is 10.6 Å². The average molecular weight is 358 g/mol. The third kappa shape index (κ3) is 3.19. The van der Waals surface area contributed by atoms with E-state index in [2.05, 4.69) is 20.7 Å². The van der Waals surface area contributed by atoms with Crippen molar-refractivity contribution >= 4 is 31.6 Å². The summed E-state index contributed by atoms with van der Waals surface area (Å²) in [5, 5.41) is 0. The second-order valence-corrected chi connectivity index (χ2v) is 7.07. The number of sulfonamides is 1. The standard InChI is InChI=1S/C14H13BrFNO2S/c1-9-7-11(15)8-10(2)14(9)17-20(18,19)13-5-3-12(16)4-6-13/h3-8,17H,1-2H3. The molecule has 0 aliphatic rings. The molecule has 0 saturated carbocycles. The van der Waals surface area contributed by atoms with Crippen molar-refractivity contribution in [1.82, 2.24) is 0 Å². The fourth-order valence-electron chi connectivity index (χ4n) is 1.88. The van der Waals surface area contributed by atoms with E-state index < -0.39 is 15.8 Å². The Morgan fingerprint density at radius 1 is 1.05 bits per heavy atom. The summed E-state index contributed by atoms with van der Waals surface area (Å²) in [5.74, 6) is -0.472. The van der Waals surface area contributed by atoms with Gasteiger partial charge < -0.3 is 0 Å². The zero-order valence-electron chi connectivity index (χ0n) is 10.9. The van der Waals surface area contributed by atoms with E-state index >= 15 is 0 Å². The van der Waals surface area contributed by atoms with Gasteiger partial charge in [-0.15, -0.1) is 0 Å². The molecule has 0 unspecified atom stereocenters. The summed E-state index contributed by atoms with van der Waals surface area (Å²) >= 11 is 3.36. The molecule has 0 radical (unpaired) electrons. The lowest BCUT2D eigenvalue weighted by Gasteiger charge is -2.14. The van der Waals surface area contributed by atoms with Gasteiger partial charge in [0.1, 0.15) is 5.82 Å². The quantitative estimate of drug-likeness (QED) is 0.901. The second-order valence-electron chi connectivity index (χ2n) is 4.47. The fraction of sp³-hybridized carbons (Fsp3) is 0.143. The first-order valence-corrected chi connectivity index (χ1v) is 8.12. The van der Waals surface area contributed by atoms with Crippen molar-refractivity contribution in [3.8, 4) is 0 Å². The molecule has 0 fully saturated rings. The van der Waals surface area contributed by atoms with E-state index in [-0.39, 0.29) is 4.90 Å². The summed E-state index contributed by atoms with van der Waals surface area (Å²) in [5.41, 5.74) is 2.16. The Kier molecular flexibility index (Phi) is 4.15. The number of nitrogens with one attached hydrogen (secondary N) is 1. The van der Waals surface area contributed by atoms with E-state index in [9.17, 15) is 12.8 Å². The van der Waals surface area contributed by atoms with Gasteiger partial charge in [0.2, 0.25) is 0 Å². The predicted octanol–water partition coefficient (Wildman–Crippen LogP) is 4.01. The van der Waals surface area contributed by atoms with Crippen molar-refractivity contribution in [2.24, 2.45) is 0 Å². The molecule has 2 rings (SSSR count). The summed E-state index contributed by atoms with van der Waals surface area (Å²) in [4.78, 5) is 0.0284. The van der Waals surface area contributed by atoms with Gasteiger partial charge in [-0.1, -0.05) is 15.9 Å². The van der Waals surface area contributed by atoms with Gasteiger partial charge in [0.15, 0.2) is 0 Å².